The third kappa shape index (κ3) is 21.0. The van der Waals surface area contributed by atoms with Crippen LogP contribution in [0.3, 0.4) is 0 Å². The van der Waals surface area contributed by atoms with Crippen LogP contribution in [-0.2, 0) is 31.9 Å². The zero-order chi connectivity index (χ0) is 39.5. The van der Waals surface area contributed by atoms with Crippen molar-refractivity contribution in [2.24, 2.45) is 0 Å². The van der Waals surface area contributed by atoms with E-state index in [1.807, 2.05) is 0 Å². The topological polar surface area (TPSA) is 36.9 Å². The second-order valence-electron chi connectivity index (χ2n) is 18.0. The van der Waals surface area contributed by atoms with Crippen molar-refractivity contribution in [1.29, 1.82) is 0 Å². The van der Waals surface area contributed by atoms with Crippen LogP contribution >= 0.6 is 0 Å². The molecule has 5 heteroatoms. The molecule has 1 aliphatic heterocycles. The van der Waals surface area contributed by atoms with Gasteiger partial charge < -0.3 is 18.6 Å². The van der Waals surface area contributed by atoms with Gasteiger partial charge in [-0.05, 0) is 48.5 Å². The molecular weight excluding hydrogens is 693 g/mol. The van der Waals surface area contributed by atoms with E-state index in [0.29, 0.717) is 6.61 Å². The van der Waals surface area contributed by atoms with Crippen LogP contribution < -0.4 is 0 Å². The van der Waals surface area contributed by atoms with E-state index in [-0.39, 0.29) is 29.5 Å². The fraction of sp³-hybridized carbons (Fsp3) is 0.720. The van der Waals surface area contributed by atoms with Crippen LogP contribution in [0.15, 0.2) is 72.8 Å². The highest BCUT2D eigenvalue weighted by Crippen LogP contribution is 2.39. The van der Waals surface area contributed by atoms with Crippen LogP contribution in [0.1, 0.15) is 180 Å². The molecule has 0 spiro atoms. The van der Waals surface area contributed by atoms with Gasteiger partial charge in [0.15, 0.2) is 8.32 Å². The van der Waals surface area contributed by atoms with Crippen molar-refractivity contribution in [2.75, 3.05) is 6.61 Å². The van der Waals surface area contributed by atoms with E-state index in [1.165, 1.54) is 140 Å². The average molecular weight is 777 g/mol. The molecule has 2 aromatic carbocycles. The van der Waals surface area contributed by atoms with Gasteiger partial charge in [0, 0.05) is 6.61 Å². The normalized spacial score (nSPS) is 17.2. The van der Waals surface area contributed by atoms with Crippen molar-refractivity contribution in [3.63, 3.8) is 0 Å². The summed E-state index contributed by atoms with van der Waals surface area (Å²) in [6.45, 7) is 16.4. The van der Waals surface area contributed by atoms with Crippen LogP contribution in [0.5, 0.6) is 0 Å². The lowest BCUT2D eigenvalue weighted by Gasteiger charge is -2.41. The SMILES string of the molecule is CCCCCCCCCCCC[C@@H](OCc1ccccc1)[C@H]1C=C[C@H]([C@H](CCCCCCCCCCCCOCc2ccccc2)O[Si](C)(C)C(C)(C)C)O1. The van der Waals surface area contributed by atoms with Gasteiger partial charge in [-0.15, -0.1) is 0 Å². The highest BCUT2D eigenvalue weighted by Gasteiger charge is 2.42. The second kappa shape index (κ2) is 28.6. The lowest BCUT2D eigenvalue weighted by atomic mass is 10.0. The number of hydrogen-bond donors (Lipinski definition) is 0. The first-order valence-electron chi connectivity index (χ1n) is 23.0. The largest absolute Gasteiger partial charge is 0.411 e. The van der Waals surface area contributed by atoms with E-state index in [0.717, 1.165) is 26.1 Å². The lowest BCUT2D eigenvalue weighted by Crippen LogP contribution is -2.47. The Morgan fingerprint density at radius 3 is 1.45 bits per heavy atom. The molecule has 4 atom stereocenters. The second-order valence-corrected chi connectivity index (χ2v) is 22.8. The molecule has 3 rings (SSSR count). The minimum Gasteiger partial charge on any atom is -0.411 e. The summed E-state index contributed by atoms with van der Waals surface area (Å²) in [6.07, 6.45) is 33.3. The molecule has 0 bridgehead atoms. The standard InChI is InChI=1S/C50H84O4Si/c1-7-8-9-10-11-12-15-18-21-30-37-46(52-43-45-35-28-25-29-36-45)47-39-40-48(53-47)49(54-55(5,6)50(2,3)4)38-31-22-19-16-13-14-17-20-23-32-41-51-42-44-33-26-24-27-34-44/h24-29,33-36,39-40,46-49H,7-23,30-32,37-38,41-43H2,1-6H3/t46-,47-,48-,49+/m1/s1. The highest BCUT2D eigenvalue weighted by molar-refractivity contribution is 6.74. The van der Waals surface area contributed by atoms with Gasteiger partial charge in [0.05, 0.1) is 25.4 Å². The van der Waals surface area contributed by atoms with Gasteiger partial charge in [0.1, 0.15) is 12.2 Å². The van der Waals surface area contributed by atoms with Crippen LogP contribution in [0.4, 0.5) is 0 Å². The Bertz CT molecular complexity index is 1210. The number of unbranched alkanes of at least 4 members (excludes halogenated alkanes) is 18. The van der Waals surface area contributed by atoms with Gasteiger partial charge in [-0.25, -0.2) is 0 Å². The Hall–Kier alpha value is -1.76. The molecule has 0 saturated carbocycles. The third-order valence-electron chi connectivity index (χ3n) is 12.1. The molecule has 0 unspecified atom stereocenters. The Labute approximate surface area is 341 Å². The van der Waals surface area contributed by atoms with Crippen molar-refractivity contribution in [2.45, 2.75) is 225 Å². The maximum atomic E-state index is 7.15. The van der Waals surface area contributed by atoms with Gasteiger partial charge in [-0.2, -0.15) is 0 Å². The van der Waals surface area contributed by atoms with Crippen molar-refractivity contribution < 1.29 is 18.6 Å². The summed E-state index contributed by atoms with van der Waals surface area (Å²) in [6, 6.07) is 21.1. The maximum absolute atomic E-state index is 7.15. The predicted octanol–water partition coefficient (Wildman–Crippen LogP) is 15.1. The van der Waals surface area contributed by atoms with Gasteiger partial charge >= 0.3 is 0 Å². The van der Waals surface area contributed by atoms with Crippen molar-refractivity contribution in [3.05, 3.63) is 83.9 Å². The summed E-state index contributed by atoms with van der Waals surface area (Å²) in [5.74, 6) is 0. The molecular formula is C50H84O4Si. The number of ether oxygens (including phenoxy) is 3. The molecule has 4 nitrogen and oxygen atoms in total. The Morgan fingerprint density at radius 1 is 0.545 bits per heavy atom. The highest BCUT2D eigenvalue weighted by atomic mass is 28.4. The first-order chi connectivity index (χ1) is 26.7. The molecule has 0 amide bonds. The summed E-state index contributed by atoms with van der Waals surface area (Å²) < 4.78 is 26.6. The van der Waals surface area contributed by atoms with Gasteiger partial charge in [0.2, 0.25) is 0 Å². The quantitative estimate of drug-likeness (QED) is 0.0411. The molecule has 312 valence electrons. The van der Waals surface area contributed by atoms with Gasteiger partial charge in [-0.1, -0.05) is 223 Å². The van der Waals surface area contributed by atoms with Crippen molar-refractivity contribution in [3.8, 4) is 0 Å². The number of benzene rings is 2. The van der Waals surface area contributed by atoms with Gasteiger partial charge in [-0.3, -0.25) is 0 Å². The van der Waals surface area contributed by atoms with E-state index < -0.39 is 8.32 Å². The molecule has 0 aromatic heterocycles. The van der Waals surface area contributed by atoms with Crippen LogP contribution in [0, 0.1) is 0 Å². The summed E-state index contributed by atoms with van der Waals surface area (Å²) >= 11 is 0. The summed E-state index contributed by atoms with van der Waals surface area (Å²) in [5.41, 5.74) is 2.50. The third-order valence-corrected chi connectivity index (χ3v) is 16.6. The Balaban J connectivity index is 1.39. The zero-order valence-electron chi connectivity index (χ0n) is 36.5. The fourth-order valence-electron chi connectivity index (χ4n) is 7.44. The van der Waals surface area contributed by atoms with Crippen LogP contribution in [0.25, 0.3) is 0 Å². The Morgan fingerprint density at radius 2 is 0.964 bits per heavy atom. The first kappa shape index (κ1) is 47.6. The van der Waals surface area contributed by atoms with Crippen LogP contribution in [-0.4, -0.2) is 39.3 Å². The number of rotatable bonds is 33. The molecule has 1 aliphatic rings. The molecule has 0 fully saturated rings. The molecule has 55 heavy (non-hydrogen) atoms. The summed E-state index contributed by atoms with van der Waals surface area (Å²) in [7, 11) is -1.96. The van der Waals surface area contributed by atoms with E-state index in [2.05, 4.69) is 114 Å². The lowest BCUT2D eigenvalue weighted by molar-refractivity contribution is -0.0918. The Kier molecular flexibility index (Phi) is 24.8. The molecule has 0 aliphatic carbocycles. The van der Waals surface area contributed by atoms with E-state index in [9.17, 15) is 0 Å². The number of hydrogen-bond acceptors (Lipinski definition) is 4. The minimum absolute atomic E-state index is 0.00148. The zero-order valence-corrected chi connectivity index (χ0v) is 37.5. The monoisotopic (exact) mass is 777 g/mol. The molecule has 0 N–H and O–H groups in total. The smallest absolute Gasteiger partial charge is 0.192 e. The predicted molar refractivity (Wildman–Crippen MR) is 238 cm³/mol. The average Bonchev–Trinajstić information content (AvgIpc) is 3.67. The molecule has 2 aromatic rings. The molecule has 0 radical (unpaired) electrons. The molecule has 0 saturated heterocycles. The van der Waals surface area contributed by atoms with E-state index in [4.69, 9.17) is 18.6 Å². The van der Waals surface area contributed by atoms with E-state index in [1.54, 1.807) is 0 Å². The van der Waals surface area contributed by atoms with Crippen molar-refractivity contribution >= 4 is 8.32 Å². The van der Waals surface area contributed by atoms with Gasteiger partial charge in [0.25, 0.3) is 0 Å². The first-order valence-corrected chi connectivity index (χ1v) is 25.9. The van der Waals surface area contributed by atoms with Crippen molar-refractivity contribution in [1.82, 2.24) is 0 Å². The summed E-state index contributed by atoms with van der Waals surface area (Å²) in [4.78, 5) is 0. The summed E-state index contributed by atoms with van der Waals surface area (Å²) in [5, 5.41) is 0.166. The minimum atomic E-state index is -1.96. The molecule has 1 heterocycles. The van der Waals surface area contributed by atoms with E-state index >= 15 is 0 Å². The van der Waals surface area contributed by atoms with Crippen LogP contribution in [0.2, 0.25) is 18.1 Å². The maximum Gasteiger partial charge on any atom is 0.192 e. The fourth-order valence-corrected chi connectivity index (χ4v) is 8.80.